The Hall–Kier alpha value is -2.26. The van der Waals surface area contributed by atoms with E-state index in [9.17, 15) is 9.59 Å². The molecule has 0 spiro atoms. The van der Waals surface area contributed by atoms with Crippen molar-refractivity contribution < 1.29 is 9.59 Å². The van der Waals surface area contributed by atoms with Gasteiger partial charge in [0.25, 0.3) is 0 Å². The predicted octanol–water partition coefficient (Wildman–Crippen LogP) is 1.87. The molecular weight excluding hydrogens is 274 g/mol. The van der Waals surface area contributed by atoms with Crippen molar-refractivity contribution in [2.45, 2.75) is 6.92 Å². The number of amides is 2. The summed E-state index contributed by atoms with van der Waals surface area (Å²) >= 11 is 1.27. The van der Waals surface area contributed by atoms with Crippen LogP contribution in [0, 0.1) is 18.3 Å². The maximum atomic E-state index is 11.9. The lowest BCUT2D eigenvalue weighted by Gasteiger charge is -2.15. The summed E-state index contributed by atoms with van der Waals surface area (Å²) in [4.78, 5) is 24.9. The zero-order chi connectivity index (χ0) is 14.5. The van der Waals surface area contributed by atoms with E-state index in [4.69, 9.17) is 5.26 Å². The van der Waals surface area contributed by atoms with Crippen LogP contribution in [0.25, 0.3) is 0 Å². The van der Waals surface area contributed by atoms with Gasteiger partial charge in [-0.2, -0.15) is 5.26 Å². The number of thioether (sulfide) groups is 1. The topological polar surface area (TPSA) is 73.2 Å². The molecule has 1 heterocycles. The first kappa shape index (κ1) is 14.2. The van der Waals surface area contributed by atoms with E-state index in [1.807, 2.05) is 25.1 Å². The Bertz CT molecular complexity index is 602. The summed E-state index contributed by atoms with van der Waals surface area (Å²) in [5.41, 5.74) is 1.79. The number of nitriles is 1. The molecule has 1 aliphatic rings. The number of nitrogens with zero attached hydrogens (tertiary/aromatic N) is 2. The highest BCUT2D eigenvalue weighted by atomic mass is 32.2. The average Bonchev–Trinajstić information content (AvgIpc) is 2.75. The Morgan fingerprint density at radius 1 is 1.50 bits per heavy atom. The quantitative estimate of drug-likeness (QED) is 0.861. The van der Waals surface area contributed by atoms with Crippen LogP contribution < -0.4 is 5.32 Å². The van der Waals surface area contributed by atoms with Crippen LogP contribution in [-0.2, 0) is 9.59 Å². The molecule has 0 bridgehead atoms. The zero-order valence-electron chi connectivity index (χ0n) is 10.9. The first-order valence-electron chi connectivity index (χ1n) is 5.99. The Morgan fingerprint density at radius 3 is 2.85 bits per heavy atom. The molecule has 5 nitrogen and oxygen atoms in total. The molecule has 1 saturated heterocycles. The standard InChI is InChI=1S/C14H13N3O2S/c1-10-2-4-11(5-3-10)16-12(18)8-17-13(19)9-20-14(17)6-7-15/h2-6H,8-9H2,1H3,(H,16,18)/b14-6-. The predicted molar refractivity (Wildman–Crippen MR) is 77.7 cm³/mol. The monoisotopic (exact) mass is 287 g/mol. The molecule has 0 radical (unpaired) electrons. The van der Waals surface area contributed by atoms with Crippen molar-refractivity contribution in [1.29, 1.82) is 5.26 Å². The molecule has 1 aromatic rings. The largest absolute Gasteiger partial charge is 0.325 e. The van der Waals surface area contributed by atoms with E-state index in [-0.39, 0.29) is 24.1 Å². The van der Waals surface area contributed by atoms with Crippen LogP contribution in [0.15, 0.2) is 35.4 Å². The van der Waals surface area contributed by atoms with Crippen LogP contribution in [0.2, 0.25) is 0 Å². The van der Waals surface area contributed by atoms with Gasteiger partial charge in [0.05, 0.1) is 16.9 Å². The molecule has 1 aliphatic heterocycles. The van der Waals surface area contributed by atoms with Gasteiger partial charge in [-0.25, -0.2) is 0 Å². The molecule has 102 valence electrons. The Labute approximate surface area is 121 Å². The number of aryl methyl sites for hydroxylation is 1. The highest BCUT2D eigenvalue weighted by molar-refractivity contribution is 8.04. The first-order valence-corrected chi connectivity index (χ1v) is 6.98. The molecule has 2 amide bonds. The van der Waals surface area contributed by atoms with E-state index >= 15 is 0 Å². The van der Waals surface area contributed by atoms with Crippen molar-refractivity contribution in [3.05, 3.63) is 40.9 Å². The highest BCUT2D eigenvalue weighted by Crippen LogP contribution is 2.28. The van der Waals surface area contributed by atoms with Gasteiger partial charge < -0.3 is 5.32 Å². The first-order chi connectivity index (χ1) is 9.60. The number of hydrogen-bond donors (Lipinski definition) is 1. The number of allylic oxidation sites excluding steroid dienone is 1. The second-order valence-electron chi connectivity index (χ2n) is 4.29. The number of benzene rings is 1. The summed E-state index contributed by atoms with van der Waals surface area (Å²) in [5, 5.41) is 11.9. The van der Waals surface area contributed by atoms with Crippen LogP contribution in [-0.4, -0.2) is 29.0 Å². The molecule has 6 heteroatoms. The number of nitrogens with one attached hydrogen (secondary N) is 1. The van der Waals surface area contributed by atoms with Crippen molar-refractivity contribution in [2.75, 3.05) is 17.6 Å². The van der Waals surface area contributed by atoms with Crippen molar-refractivity contribution in [3.8, 4) is 6.07 Å². The fourth-order valence-electron chi connectivity index (χ4n) is 1.74. The van der Waals surface area contributed by atoms with Gasteiger partial charge in [0.15, 0.2) is 0 Å². The number of carbonyl (C=O) groups excluding carboxylic acids is 2. The van der Waals surface area contributed by atoms with Gasteiger partial charge in [-0.3, -0.25) is 14.5 Å². The van der Waals surface area contributed by atoms with Crippen LogP contribution in [0.1, 0.15) is 5.56 Å². The van der Waals surface area contributed by atoms with Crippen LogP contribution in [0.5, 0.6) is 0 Å². The summed E-state index contributed by atoms with van der Waals surface area (Å²) in [6, 6.07) is 9.28. The smallest absolute Gasteiger partial charge is 0.244 e. The number of anilines is 1. The molecule has 0 aliphatic carbocycles. The number of carbonyl (C=O) groups is 2. The summed E-state index contributed by atoms with van der Waals surface area (Å²) in [5.74, 6) is -0.171. The summed E-state index contributed by atoms with van der Waals surface area (Å²) in [7, 11) is 0. The molecule has 20 heavy (non-hydrogen) atoms. The van der Waals surface area contributed by atoms with Gasteiger partial charge in [-0.05, 0) is 19.1 Å². The third kappa shape index (κ3) is 3.39. The van der Waals surface area contributed by atoms with Gasteiger partial charge in [-0.15, -0.1) is 0 Å². The number of hydrogen-bond acceptors (Lipinski definition) is 4. The molecule has 0 saturated carbocycles. The molecule has 1 N–H and O–H groups in total. The lowest BCUT2D eigenvalue weighted by Crippen LogP contribution is -2.33. The Kier molecular flexibility index (Phi) is 4.43. The summed E-state index contributed by atoms with van der Waals surface area (Å²) in [6.07, 6.45) is 1.29. The minimum absolute atomic E-state index is 0.0762. The van der Waals surface area contributed by atoms with Gasteiger partial charge >= 0.3 is 0 Å². The normalized spacial score (nSPS) is 16.3. The Balaban J connectivity index is 2.00. The second-order valence-corrected chi connectivity index (χ2v) is 5.29. The van der Waals surface area contributed by atoms with E-state index in [0.717, 1.165) is 5.56 Å². The summed E-state index contributed by atoms with van der Waals surface area (Å²) < 4.78 is 0. The van der Waals surface area contributed by atoms with Crippen molar-refractivity contribution in [1.82, 2.24) is 4.90 Å². The van der Waals surface area contributed by atoms with Crippen LogP contribution in [0.3, 0.4) is 0 Å². The van der Waals surface area contributed by atoms with Gasteiger partial charge in [0.1, 0.15) is 6.54 Å². The van der Waals surface area contributed by atoms with E-state index in [1.54, 1.807) is 12.1 Å². The van der Waals surface area contributed by atoms with Crippen molar-refractivity contribution >= 4 is 29.3 Å². The third-order valence-corrected chi connectivity index (χ3v) is 3.76. The fourth-order valence-corrected chi connectivity index (χ4v) is 2.62. The molecule has 0 aromatic heterocycles. The van der Waals surface area contributed by atoms with Crippen molar-refractivity contribution in [3.63, 3.8) is 0 Å². The summed E-state index contributed by atoms with van der Waals surface area (Å²) in [6.45, 7) is 1.89. The fraction of sp³-hybridized carbons (Fsp3) is 0.214. The maximum absolute atomic E-state index is 11.9. The van der Waals surface area contributed by atoms with E-state index in [2.05, 4.69) is 5.32 Å². The Morgan fingerprint density at radius 2 is 2.20 bits per heavy atom. The lowest BCUT2D eigenvalue weighted by atomic mass is 10.2. The molecule has 0 atom stereocenters. The average molecular weight is 287 g/mol. The number of rotatable bonds is 3. The second kappa shape index (κ2) is 6.26. The third-order valence-electron chi connectivity index (χ3n) is 2.74. The van der Waals surface area contributed by atoms with Crippen LogP contribution in [0.4, 0.5) is 5.69 Å². The van der Waals surface area contributed by atoms with E-state index in [0.29, 0.717) is 10.7 Å². The molecule has 1 fully saturated rings. The van der Waals surface area contributed by atoms with Gasteiger partial charge in [0, 0.05) is 11.8 Å². The minimum atomic E-state index is -0.284. The van der Waals surface area contributed by atoms with Gasteiger partial charge in [0.2, 0.25) is 11.8 Å². The van der Waals surface area contributed by atoms with E-state index in [1.165, 1.54) is 22.7 Å². The molecule has 2 rings (SSSR count). The zero-order valence-corrected chi connectivity index (χ0v) is 11.7. The molecule has 1 aromatic carbocycles. The van der Waals surface area contributed by atoms with Crippen molar-refractivity contribution in [2.24, 2.45) is 0 Å². The molecular formula is C14H13N3O2S. The maximum Gasteiger partial charge on any atom is 0.244 e. The lowest BCUT2D eigenvalue weighted by molar-refractivity contribution is -0.129. The van der Waals surface area contributed by atoms with E-state index < -0.39 is 0 Å². The SMILES string of the molecule is Cc1ccc(NC(=O)CN2C(=O)CS/C2=C\C#N)cc1. The van der Waals surface area contributed by atoms with Crippen LogP contribution >= 0.6 is 11.8 Å². The van der Waals surface area contributed by atoms with Gasteiger partial charge in [-0.1, -0.05) is 29.5 Å². The highest BCUT2D eigenvalue weighted by Gasteiger charge is 2.28. The minimum Gasteiger partial charge on any atom is -0.325 e. The molecule has 0 unspecified atom stereocenters.